The molecule has 0 aromatic heterocycles. The molecule has 33 heavy (non-hydrogen) atoms. The Kier molecular flexibility index (Phi) is 7.42. The van der Waals surface area contributed by atoms with E-state index in [1.165, 1.54) is 0 Å². The number of aliphatic hydroxyl groups excluding tert-OH is 1. The Morgan fingerprint density at radius 2 is 1.76 bits per heavy atom. The maximum Gasteiger partial charge on any atom is 0.262 e. The molecule has 0 spiro atoms. The molecule has 2 saturated heterocycles. The van der Waals surface area contributed by atoms with Crippen molar-refractivity contribution in [2.24, 2.45) is 5.92 Å². The monoisotopic (exact) mass is 457 g/mol. The lowest BCUT2D eigenvalue weighted by atomic mass is 9.93. The lowest BCUT2D eigenvalue weighted by Crippen LogP contribution is -2.51. The first-order chi connectivity index (χ1) is 16.0. The van der Waals surface area contributed by atoms with Gasteiger partial charge in [-0.3, -0.25) is 19.3 Å². The molecular weight excluding hydrogens is 426 g/mol. The number of piperidine rings is 1. The predicted molar refractivity (Wildman–Crippen MR) is 121 cm³/mol. The van der Waals surface area contributed by atoms with Gasteiger partial charge in [-0.2, -0.15) is 0 Å². The fourth-order valence-electron chi connectivity index (χ4n) is 4.56. The summed E-state index contributed by atoms with van der Waals surface area (Å²) in [5, 5.41) is 11.3. The molecule has 1 aromatic rings. The number of nitrogens with zero attached hydrogens (tertiary/aromatic N) is 2. The second-order valence-electron chi connectivity index (χ2n) is 8.72. The Labute approximate surface area is 193 Å². The molecule has 1 aromatic carbocycles. The van der Waals surface area contributed by atoms with Crippen LogP contribution in [0.25, 0.3) is 0 Å². The number of hydrogen-bond donors (Lipinski definition) is 2. The van der Waals surface area contributed by atoms with Gasteiger partial charge in [-0.15, -0.1) is 0 Å². The van der Waals surface area contributed by atoms with Crippen LogP contribution in [0.1, 0.15) is 46.4 Å². The average molecular weight is 458 g/mol. The zero-order valence-corrected chi connectivity index (χ0v) is 18.8. The van der Waals surface area contributed by atoms with Crippen molar-refractivity contribution in [2.75, 3.05) is 51.0 Å². The summed E-state index contributed by atoms with van der Waals surface area (Å²) in [6, 6.07) is 4.57. The smallest absolute Gasteiger partial charge is 0.262 e. The largest absolute Gasteiger partial charge is 0.394 e. The molecule has 2 N–H and O–H groups in total. The highest BCUT2D eigenvalue weighted by atomic mass is 16.5. The van der Waals surface area contributed by atoms with Gasteiger partial charge in [-0.1, -0.05) is 6.58 Å². The van der Waals surface area contributed by atoms with Crippen molar-refractivity contribution in [3.63, 3.8) is 0 Å². The normalized spacial score (nSPS) is 20.8. The van der Waals surface area contributed by atoms with Gasteiger partial charge < -0.3 is 24.8 Å². The van der Waals surface area contributed by atoms with Crippen molar-refractivity contribution in [1.29, 1.82) is 0 Å². The van der Waals surface area contributed by atoms with E-state index in [1.807, 2.05) is 6.07 Å². The number of fused-ring (bicyclic) bond motifs is 1. The van der Waals surface area contributed by atoms with Crippen molar-refractivity contribution >= 4 is 23.4 Å². The predicted octanol–water partition coefficient (Wildman–Crippen LogP) is 1.32. The number of anilines is 1. The molecule has 4 rings (SSSR count). The highest BCUT2D eigenvalue weighted by Crippen LogP contribution is 2.34. The first-order valence-electron chi connectivity index (χ1n) is 11.5. The van der Waals surface area contributed by atoms with E-state index in [1.54, 1.807) is 12.1 Å². The van der Waals surface area contributed by atoms with Gasteiger partial charge in [0, 0.05) is 31.1 Å². The van der Waals surface area contributed by atoms with Crippen molar-refractivity contribution in [3.05, 3.63) is 41.6 Å². The van der Waals surface area contributed by atoms with Gasteiger partial charge in [0.25, 0.3) is 11.8 Å². The second kappa shape index (κ2) is 10.5. The van der Waals surface area contributed by atoms with E-state index in [2.05, 4.69) is 16.8 Å². The third-order valence-electron chi connectivity index (χ3n) is 6.37. The molecule has 0 bridgehead atoms. The molecule has 3 heterocycles. The molecule has 0 aliphatic carbocycles. The first-order valence-corrected chi connectivity index (χ1v) is 11.5. The molecule has 3 aliphatic rings. The van der Waals surface area contributed by atoms with Crippen molar-refractivity contribution in [2.45, 2.75) is 31.7 Å². The molecule has 9 nitrogen and oxygen atoms in total. The summed E-state index contributed by atoms with van der Waals surface area (Å²) >= 11 is 0. The van der Waals surface area contributed by atoms with E-state index < -0.39 is 17.9 Å². The molecule has 3 amide bonds. The topological polar surface area (TPSA) is 108 Å². The minimum absolute atomic E-state index is 0.0271. The Bertz CT molecular complexity index is 927. The molecule has 1 atom stereocenters. The van der Waals surface area contributed by atoms with Crippen LogP contribution in [0.4, 0.5) is 5.69 Å². The Morgan fingerprint density at radius 1 is 1.03 bits per heavy atom. The van der Waals surface area contributed by atoms with Gasteiger partial charge in [0.15, 0.2) is 0 Å². The number of aliphatic hydroxyl groups is 1. The van der Waals surface area contributed by atoms with Crippen LogP contribution in [-0.2, 0) is 14.3 Å². The first kappa shape index (κ1) is 23.4. The van der Waals surface area contributed by atoms with Crippen LogP contribution >= 0.6 is 0 Å². The van der Waals surface area contributed by atoms with Crippen LogP contribution in [0, 0.1) is 5.92 Å². The fraction of sp³-hybridized carbons (Fsp3) is 0.542. The van der Waals surface area contributed by atoms with Crippen LogP contribution in [0.3, 0.4) is 0 Å². The summed E-state index contributed by atoms with van der Waals surface area (Å²) in [5.74, 6) is -0.590. The molecular formula is C24H31N3O6. The van der Waals surface area contributed by atoms with Gasteiger partial charge in [0.2, 0.25) is 5.91 Å². The molecule has 178 valence electrons. The van der Waals surface area contributed by atoms with E-state index >= 15 is 0 Å². The van der Waals surface area contributed by atoms with Gasteiger partial charge in [0.1, 0.15) is 6.04 Å². The van der Waals surface area contributed by atoms with Crippen LogP contribution in [-0.4, -0.2) is 79.9 Å². The van der Waals surface area contributed by atoms with E-state index in [0.29, 0.717) is 62.0 Å². The van der Waals surface area contributed by atoms with Gasteiger partial charge >= 0.3 is 0 Å². The Hall–Kier alpha value is -2.75. The molecule has 2 fully saturated rings. The van der Waals surface area contributed by atoms with Crippen molar-refractivity contribution in [3.8, 4) is 0 Å². The number of benzene rings is 1. The number of hydrogen-bond acceptors (Lipinski definition) is 7. The standard InChI is InChI=1S/C24H31N3O6/c1-16-4-7-21(22(29)25-16)27-23(30)19-6-5-18(13-20(19)24(27)31)26-14-17(15-26)3-2-9-32-11-12-33-10-8-28/h5-6,13,17,21,28H,1-4,7-12,14-15H2,(H,25,29). The van der Waals surface area contributed by atoms with Crippen molar-refractivity contribution < 1.29 is 29.0 Å². The summed E-state index contributed by atoms with van der Waals surface area (Å²) in [6.07, 6.45) is 2.98. The number of amides is 3. The minimum atomic E-state index is -0.789. The summed E-state index contributed by atoms with van der Waals surface area (Å²) in [4.78, 5) is 41.5. The summed E-state index contributed by atoms with van der Waals surface area (Å²) in [5.41, 5.74) is 2.26. The number of ether oxygens (including phenoxy) is 2. The van der Waals surface area contributed by atoms with Gasteiger partial charge in [-0.05, 0) is 49.8 Å². The Morgan fingerprint density at radius 3 is 2.48 bits per heavy atom. The number of imide groups is 1. The van der Waals surface area contributed by atoms with E-state index in [4.69, 9.17) is 14.6 Å². The minimum Gasteiger partial charge on any atom is -0.394 e. The van der Waals surface area contributed by atoms with Crippen LogP contribution in [0.5, 0.6) is 0 Å². The van der Waals surface area contributed by atoms with E-state index in [-0.39, 0.29) is 12.5 Å². The molecule has 1 unspecified atom stereocenters. The van der Waals surface area contributed by atoms with E-state index in [9.17, 15) is 14.4 Å². The molecule has 0 radical (unpaired) electrons. The number of carbonyl (C=O) groups excluding carboxylic acids is 3. The number of carbonyl (C=O) groups is 3. The fourth-order valence-corrected chi connectivity index (χ4v) is 4.56. The zero-order valence-electron chi connectivity index (χ0n) is 18.8. The maximum atomic E-state index is 13.0. The van der Waals surface area contributed by atoms with Crippen LogP contribution in [0.15, 0.2) is 30.5 Å². The third-order valence-corrected chi connectivity index (χ3v) is 6.37. The average Bonchev–Trinajstić information content (AvgIpc) is 3.01. The Balaban J connectivity index is 1.26. The highest BCUT2D eigenvalue weighted by molar-refractivity contribution is 6.23. The lowest BCUT2D eigenvalue weighted by molar-refractivity contribution is -0.125. The molecule has 9 heteroatoms. The lowest BCUT2D eigenvalue weighted by Gasteiger charge is -2.41. The SMILES string of the molecule is C=C1CCC(N2C(=O)c3ccc(N4CC(CCCOCCOCCO)C4)cc3C2=O)C(=O)N1. The van der Waals surface area contributed by atoms with Crippen LogP contribution in [0.2, 0.25) is 0 Å². The second-order valence-corrected chi connectivity index (χ2v) is 8.72. The molecule has 0 saturated carbocycles. The van der Waals surface area contributed by atoms with Crippen molar-refractivity contribution in [1.82, 2.24) is 10.2 Å². The number of allylic oxidation sites excluding steroid dienone is 1. The third kappa shape index (κ3) is 5.10. The quantitative estimate of drug-likeness (QED) is 0.381. The van der Waals surface area contributed by atoms with Crippen LogP contribution < -0.4 is 10.2 Å². The van der Waals surface area contributed by atoms with Gasteiger partial charge in [-0.25, -0.2) is 0 Å². The maximum absolute atomic E-state index is 13.0. The molecule has 3 aliphatic heterocycles. The zero-order chi connectivity index (χ0) is 23.4. The van der Waals surface area contributed by atoms with Gasteiger partial charge in [0.05, 0.1) is 37.6 Å². The summed E-state index contributed by atoms with van der Waals surface area (Å²) < 4.78 is 10.7. The van der Waals surface area contributed by atoms with E-state index in [0.717, 1.165) is 36.5 Å². The number of rotatable bonds is 11. The highest BCUT2D eigenvalue weighted by Gasteiger charge is 2.44. The summed E-state index contributed by atoms with van der Waals surface area (Å²) in [6.45, 7) is 7.64. The number of nitrogens with one attached hydrogen (secondary N) is 1. The summed E-state index contributed by atoms with van der Waals surface area (Å²) in [7, 11) is 0.